The smallest absolute Gasteiger partial charge is 0.256 e. The summed E-state index contributed by atoms with van der Waals surface area (Å²) in [4.78, 5) is 19.2. The highest BCUT2D eigenvalue weighted by atomic mass is 32.2. The molecule has 3 rings (SSSR count). The van der Waals surface area contributed by atoms with Crippen molar-refractivity contribution in [2.45, 2.75) is 29.7 Å². The van der Waals surface area contributed by atoms with Gasteiger partial charge in [0.05, 0.1) is 10.5 Å². The third kappa shape index (κ3) is 4.92. The van der Waals surface area contributed by atoms with Crippen LogP contribution in [-0.2, 0) is 10.0 Å². The van der Waals surface area contributed by atoms with Gasteiger partial charge in [0.15, 0.2) is 0 Å². The van der Waals surface area contributed by atoms with E-state index in [1.54, 1.807) is 30.5 Å². The molecule has 1 saturated heterocycles. The van der Waals surface area contributed by atoms with E-state index in [1.165, 1.54) is 11.8 Å². The van der Waals surface area contributed by atoms with Crippen LogP contribution in [0.5, 0.6) is 0 Å². The van der Waals surface area contributed by atoms with Gasteiger partial charge in [-0.1, -0.05) is 12.1 Å². The molecule has 150 valence electrons. The Kier molecular flexibility index (Phi) is 6.74. The lowest BCUT2D eigenvalue weighted by atomic mass is 9.97. The summed E-state index contributed by atoms with van der Waals surface area (Å²) in [6, 6.07) is 10.5. The molecule has 1 aromatic carbocycles. The molecule has 1 aromatic heterocycles. The van der Waals surface area contributed by atoms with E-state index in [9.17, 15) is 13.2 Å². The first-order valence-electron chi connectivity index (χ1n) is 9.25. The minimum atomic E-state index is -3.51. The molecule has 1 amide bonds. The van der Waals surface area contributed by atoms with Crippen molar-refractivity contribution >= 4 is 27.7 Å². The van der Waals surface area contributed by atoms with Gasteiger partial charge in [0.1, 0.15) is 5.03 Å². The monoisotopic (exact) mass is 419 g/mol. The number of hydrogen-bond donors (Lipinski definition) is 1. The molecule has 1 aliphatic rings. The van der Waals surface area contributed by atoms with E-state index in [-0.39, 0.29) is 11.8 Å². The number of amides is 1. The average Bonchev–Trinajstić information content (AvgIpc) is 2.72. The number of rotatable bonds is 6. The van der Waals surface area contributed by atoms with E-state index in [1.807, 2.05) is 30.2 Å². The molecule has 0 atom stereocenters. The van der Waals surface area contributed by atoms with Crippen molar-refractivity contribution in [2.75, 3.05) is 25.9 Å². The number of sulfonamides is 1. The summed E-state index contributed by atoms with van der Waals surface area (Å²) in [5.41, 5.74) is 1.54. The number of thioether (sulfide) groups is 1. The van der Waals surface area contributed by atoms with Gasteiger partial charge >= 0.3 is 0 Å². The lowest BCUT2D eigenvalue weighted by molar-refractivity contribution is 0.0687. The van der Waals surface area contributed by atoms with Gasteiger partial charge in [-0.25, -0.2) is 18.1 Å². The Hall–Kier alpha value is -1.90. The van der Waals surface area contributed by atoms with Crippen LogP contribution in [0.1, 0.15) is 28.8 Å². The second-order valence-corrected chi connectivity index (χ2v) is 9.53. The van der Waals surface area contributed by atoms with Crippen LogP contribution in [0.4, 0.5) is 0 Å². The lowest BCUT2D eigenvalue weighted by Gasteiger charge is -2.32. The number of nitrogens with one attached hydrogen (secondary N) is 1. The summed E-state index contributed by atoms with van der Waals surface area (Å²) in [6.45, 7) is 3.51. The third-order valence-corrected chi connectivity index (χ3v) is 7.09. The molecule has 0 saturated carbocycles. The highest BCUT2D eigenvalue weighted by molar-refractivity contribution is 7.98. The van der Waals surface area contributed by atoms with Gasteiger partial charge in [-0.05, 0) is 61.8 Å². The summed E-state index contributed by atoms with van der Waals surface area (Å²) in [5.74, 6) is 0.216. The predicted octanol–water partition coefficient (Wildman–Crippen LogP) is 2.94. The third-order valence-electron chi connectivity index (χ3n) is 4.96. The van der Waals surface area contributed by atoms with E-state index in [0.717, 1.165) is 23.4 Å². The quantitative estimate of drug-likeness (QED) is 0.729. The number of benzene rings is 1. The molecular weight excluding hydrogens is 394 g/mol. The van der Waals surface area contributed by atoms with Crippen LogP contribution in [0.15, 0.2) is 52.5 Å². The van der Waals surface area contributed by atoms with Crippen LogP contribution >= 0.6 is 11.8 Å². The minimum Gasteiger partial charge on any atom is -0.339 e. The van der Waals surface area contributed by atoms with Gasteiger partial charge in [0, 0.05) is 25.8 Å². The van der Waals surface area contributed by atoms with E-state index >= 15 is 0 Å². The van der Waals surface area contributed by atoms with E-state index in [2.05, 4.69) is 9.71 Å². The zero-order chi connectivity index (χ0) is 20.1. The van der Waals surface area contributed by atoms with Gasteiger partial charge in [0.2, 0.25) is 10.0 Å². The fraction of sp³-hybridized carbons (Fsp3) is 0.400. The van der Waals surface area contributed by atoms with Crippen LogP contribution in [0.2, 0.25) is 0 Å². The zero-order valence-corrected chi connectivity index (χ0v) is 17.7. The van der Waals surface area contributed by atoms with Gasteiger partial charge in [-0.3, -0.25) is 4.79 Å². The molecule has 0 spiro atoms. The molecule has 28 heavy (non-hydrogen) atoms. The Balaban J connectivity index is 1.55. The fourth-order valence-corrected chi connectivity index (χ4v) is 5.08. The van der Waals surface area contributed by atoms with Crippen LogP contribution < -0.4 is 4.72 Å². The molecule has 1 N–H and O–H groups in total. The number of piperidine rings is 1. The number of pyridine rings is 1. The second-order valence-electron chi connectivity index (χ2n) is 6.96. The highest BCUT2D eigenvalue weighted by Crippen LogP contribution is 2.23. The van der Waals surface area contributed by atoms with E-state index < -0.39 is 10.0 Å². The first-order valence-corrected chi connectivity index (χ1v) is 12.0. The normalized spacial score (nSPS) is 15.6. The summed E-state index contributed by atoms with van der Waals surface area (Å²) < 4.78 is 27.7. The van der Waals surface area contributed by atoms with Crippen molar-refractivity contribution in [3.63, 3.8) is 0 Å². The molecule has 1 aliphatic heterocycles. The SMILES string of the molecule is CSc1ncccc1C(=O)N1CCC(CNS(=O)(=O)c2cccc(C)c2)CC1. The Morgan fingerprint density at radius 3 is 2.68 bits per heavy atom. The Morgan fingerprint density at radius 2 is 2.00 bits per heavy atom. The number of nitrogens with zero attached hydrogens (tertiary/aromatic N) is 2. The van der Waals surface area contributed by atoms with E-state index in [4.69, 9.17) is 0 Å². The largest absolute Gasteiger partial charge is 0.339 e. The van der Waals surface area contributed by atoms with Crippen LogP contribution in [0.3, 0.4) is 0 Å². The first-order chi connectivity index (χ1) is 13.4. The molecule has 0 radical (unpaired) electrons. The number of carbonyl (C=O) groups excluding carboxylic acids is 1. The summed E-state index contributed by atoms with van der Waals surface area (Å²) >= 11 is 1.46. The Labute approximate surface area is 170 Å². The molecular formula is C20H25N3O3S2. The highest BCUT2D eigenvalue weighted by Gasteiger charge is 2.26. The topological polar surface area (TPSA) is 79.4 Å². The van der Waals surface area contributed by atoms with Gasteiger partial charge in [-0.15, -0.1) is 11.8 Å². The number of hydrogen-bond acceptors (Lipinski definition) is 5. The van der Waals surface area contributed by atoms with Crippen LogP contribution in [0, 0.1) is 12.8 Å². The lowest BCUT2D eigenvalue weighted by Crippen LogP contribution is -2.41. The molecule has 1 fully saturated rings. The molecule has 8 heteroatoms. The van der Waals surface area contributed by atoms with Crippen molar-refractivity contribution < 1.29 is 13.2 Å². The van der Waals surface area contributed by atoms with Crippen molar-refractivity contribution in [1.82, 2.24) is 14.6 Å². The molecule has 0 aliphatic carbocycles. The minimum absolute atomic E-state index is 0.00348. The Morgan fingerprint density at radius 1 is 1.25 bits per heavy atom. The molecule has 0 unspecified atom stereocenters. The summed E-state index contributed by atoms with van der Waals surface area (Å²) in [7, 11) is -3.51. The molecule has 6 nitrogen and oxygen atoms in total. The van der Waals surface area contributed by atoms with Crippen molar-refractivity contribution in [2.24, 2.45) is 5.92 Å². The Bertz CT molecular complexity index is 939. The van der Waals surface area contributed by atoms with Crippen LogP contribution in [-0.4, -0.2) is 50.1 Å². The van der Waals surface area contributed by atoms with Crippen molar-refractivity contribution in [3.05, 3.63) is 53.7 Å². The number of aromatic nitrogens is 1. The molecule has 2 aromatic rings. The van der Waals surface area contributed by atoms with Gasteiger partial charge < -0.3 is 4.90 Å². The second kappa shape index (κ2) is 9.07. The number of aryl methyl sites for hydroxylation is 1. The van der Waals surface area contributed by atoms with Crippen molar-refractivity contribution in [3.8, 4) is 0 Å². The first kappa shape index (κ1) is 20.8. The standard InChI is InChI=1S/C20H25N3O3S2/c1-15-5-3-6-17(13-15)28(25,26)22-14-16-8-11-23(12-9-16)20(24)18-7-4-10-21-19(18)27-2/h3-7,10,13,16,22H,8-9,11-12,14H2,1-2H3. The molecule has 0 bridgehead atoms. The molecule has 2 heterocycles. The number of carbonyl (C=O) groups is 1. The van der Waals surface area contributed by atoms with Gasteiger partial charge in [0.25, 0.3) is 5.91 Å². The van der Waals surface area contributed by atoms with Gasteiger partial charge in [-0.2, -0.15) is 0 Å². The fourth-order valence-electron chi connectivity index (χ4n) is 3.32. The van der Waals surface area contributed by atoms with Crippen LogP contribution in [0.25, 0.3) is 0 Å². The number of likely N-dealkylation sites (tertiary alicyclic amines) is 1. The summed E-state index contributed by atoms with van der Waals surface area (Å²) in [6.07, 6.45) is 5.15. The maximum absolute atomic E-state index is 12.8. The summed E-state index contributed by atoms with van der Waals surface area (Å²) in [5, 5.41) is 0.737. The maximum Gasteiger partial charge on any atom is 0.256 e. The average molecular weight is 420 g/mol. The van der Waals surface area contributed by atoms with E-state index in [0.29, 0.717) is 30.1 Å². The van der Waals surface area contributed by atoms with Crippen molar-refractivity contribution in [1.29, 1.82) is 0 Å². The predicted molar refractivity (Wildman–Crippen MR) is 111 cm³/mol. The maximum atomic E-state index is 12.8. The zero-order valence-electron chi connectivity index (χ0n) is 16.1.